The molecule has 2 N–H and O–H groups in total. The van der Waals surface area contributed by atoms with Gasteiger partial charge < -0.3 is 5.73 Å². The van der Waals surface area contributed by atoms with Crippen LogP contribution in [0.15, 0.2) is 24.3 Å². The van der Waals surface area contributed by atoms with Crippen LogP contribution in [0.1, 0.15) is 30.9 Å². The van der Waals surface area contributed by atoms with Crippen molar-refractivity contribution >= 4 is 0 Å². The second kappa shape index (κ2) is 4.23. The van der Waals surface area contributed by atoms with Gasteiger partial charge in [-0.3, -0.25) is 0 Å². The number of halogens is 3. The molecular weight excluding hydrogens is 203 g/mol. The quantitative estimate of drug-likeness (QED) is 0.809. The third-order valence-corrected chi connectivity index (χ3v) is 2.55. The van der Waals surface area contributed by atoms with Gasteiger partial charge in [-0.15, -0.1) is 0 Å². The van der Waals surface area contributed by atoms with Gasteiger partial charge in [0.25, 0.3) is 0 Å². The van der Waals surface area contributed by atoms with Crippen LogP contribution in [0.5, 0.6) is 0 Å². The lowest BCUT2D eigenvalue weighted by atomic mass is 9.91. The molecule has 0 fully saturated rings. The number of nitrogens with two attached hydrogens (primary N) is 1. The maximum absolute atomic E-state index is 12.6. The van der Waals surface area contributed by atoms with E-state index in [-0.39, 0.29) is 17.5 Å². The highest BCUT2D eigenvalue weighted by molar-refractivity contribution is 5.33. The Balaban J connectivity index is 3.18. The Morgan fingerprint density at radius 3 is 2.13 bits per heavy atom. The van der Waals surface area contributed by atoms with Crippen LogP contribution >= 0.6 is 0 Å². The molecule has 1 nitrogen and oxygen atoms in total. The molecule has 1 rings (SSSR count). The van der Waals surface area contributed by atoms with E-state index in [2.05, 4.69) is 0 Å². The molecule has 0 saturated carbocycles. The van der Waals surface area contributed by atoms with E-state index in [4.69, 9.17) is 5.73 Å². The minimum atomic E-state index is -4.31. The fraction of sp³-hybridized carbons (Fsp3) is 0.455. The molecule has 84 valence electrons. The van der Waals surface area contributed by atoms with Gasteiger partial charge in [0, 0.05) is 6.04 Å². The summed E-state index contributed by atoms with van der Waals surface area (Å²) in [4.78, 5) is 0. The lowest BCUT2D eigenvalue weighted by Gasteiger charge is -2.20. The molecule has 0 heterocycles. The molecule has 0 aliphatic heterocycles. The SMILES string of the molecule is CC(N)C(C)c1ccccc1C(F)(F)F. The zero-order valence-corrected chi connectivity index (χ0v) is 8.68. The molecule has 0 radical (unpaired) electrons. The number of hydrogen-bond acceptors (Lipinski definition) is 1. The van der Waals surface area contributed by atoms with Crippen molar-refractivity contribution in [2.24, 2.45) is 5.73 Å². The Kier molecular flexibility index (Phi) is 3.39. The van der Waals surface area contributed by atoms with E-state index in [0.717, 1.165) is 6.07 Å². The van der Waals surface area contributed by atoms with Gasteiger partial charge in [0.1, 0.15) is 0 Å². The Bertz CT molecular complexity index is 331. The van der Waals surface area contributed by atoms with Crippen LogP contribution in [-0.2, 0) is 6.18 Å². The summed E-state index contributed by atoms with van der Waals surface area (Å²) in [5.74, 6) is -0.303. The summed E-state index contributed by atoms with van der Waals surface area (Å²) < 4.78 is 37.9. The van der Waals surface area contributed by atoms with E-state index in [1.807, 2.05) is 0 Å². The first-order valence-electron chi connectivity index (χ1n) is 4.75. The summed E-state index contributed by atoms with van der Waals surface area (Å²) in [6.45, 7) is 3.41. The first-order valence-corrected chi connectivity index (χ1v) is 4.75. The molecule has 0 saturated heterocycles. The highest BCUT2D eigenvalue weighted by Crippen LogP contribution is 2.35. The molecule has 15 heavy (non-hydrogen) atoms. The minimum absolute atomic E-state index is 0.264. The van der Waals surface area contributed by atoms with Crippen LogP contribution in [0, 0.1) is 0 Å². The predicted molar refractivity (Wildman–Crippen MR) is 53.5 cm³/mol. The summed E-state index contributed by atoms with van der Waals surface area (Å²) in [5.41, 5.74) is 5.29. The fourth-order valence-corrected chi connectivity index (χ4v) is 1.44. The molecule has 0 aromatic heterocycles. The molecule has 0 amide bonds. The molecule has 0 bridgehead atoms. The number of rotatable bonds is 2. The summed E-state index contributed by atoms with van der Waals surface area (Å²) in [7, 11) is 0. The Hall–Kier alpha value is -1.03. The first-order chi connectivity index (χ1) is 6.84. The molecule has 2 atom stereocenters. The van der Waals surface area contributed by atoms with E-state index in [1.54, 1.807) is 19.9 Å². The first kappa shape index (κ1) is 12.0. The zero-order valence-electron chi connectivity index (χ0n) is 8.68. The van der Waals surface area contributed by atoms with Crippen LogP contribution in [0.2, 0.25) is 0 Å². The van der Waals surface area contributed by atoms with Crippen molar-refractivity contribution in [1.29, 1.82) is 0 Å². The van der Waals surface area contributed by atoms with E-state index in [9.17, 15) is 13.2 Å². The van der Waals surface area contributed by atoms with Crippen molar-refractivity contribution < 1.29 is 13.2 Å². The van der Waals surface area contributed by atoms with Gasteiger partial charge in [-0.1, -0.05) is 25.1 Å². The van der Waals surface area contributed by atoms with Gasteiger partial charge in [0.15, 0.2) is 0 Å². The van der Waals surface area contributed by atoms with Crippen molar-refractivity contribution in [2.75, 3.05) is 0 Å². The standard InChI is InChI=1S/C11H14F3N/c1-7(8(2)15)9-5-3-4-6-10(9)11(12,13)14/h3-8H,15H2,1-2H3. The second-order valence-electron chi connectivity index (χ2n) is 3.73. The molecule has 1 aromatic rings. The topological polar surface area (TPSA) is 26.0 Å². The van der Waals surface area contributed by atoms with E-state index in [0.29, 0.717) is 0 Å². The molecular formula is C11H14F3N. The van der Waals surface area contributed by atoms with E-state index >= 15 is 0 Å². The number of hydrogen-bond donors (Lipinski definition) is 1. The summed E-state index contributed by atoms with van der Waals surface area (Å²) >= 11 is 0. The van der Waals surface area contributed by atoms with Crippen molar-refractivity contribution in [3.63, 3.8) is 0 Å². The third kappa shape index (κ3) is 2.72. The number of alkyl halides is 3. The predicted octanol–water partition coefficient (Wildman–Crippen LogP) is 3.16. The Morgan fingerprint density at radius 1 is 1.13 bits per heavy atom. The van der Waals surface area contributed by atoms with Crippen LogP contribution in [0.25, 0.3) is 0 Å². The van der Waals surface area contributed by atoms with Gasteiger partial charge in [-0.2, -0.15) is 13.2 Å². The van der Waals surface area contributed by atoms with Gasteiger partial charge in [-0.25, -0.2) is 0 Å². The molecule has 0 spiro atoms. The largest absolute Gasteiger partial charge is 0.416 e. The Morgan fingerprint density at radius 2 is 1.67 bits per heavy atom. The van der Waals surface area contributed by atoms with Crippen LogP contribution < -0.4 is 5.73 Å². The number of benzene rings is 1. The van der Waals surface area contributed by atoms with Crippen molar-refractivity contribution in [3.8, 4) is 0 Å². The summed E-state index contributed by atoms with van der Waals surface area (Å²) in [6, 6.07) is 5.27. The molecule has 4 heteroatoms. The highest BCUT2D eigenvalue weighted by Gasteiger charge is 2.34. The van der Waals surface area contributed by atoms with Crippen molar-refractivity contribution in [1.82, 2.24) is 0 Å². The monoisotopic (exact) mass is 217 g/mol. The maximum atomic E-state index is 12.6. The molecule has 2 unspecified atom stereocenters. The smallest absolute Gasteiger partial charge is 0.327 e. The minimum Gasteiger partial charge on any atom is -0.327 e. The zero-order chi connectivity index (χ0) is 11.6. The van der Waals surface area contributed by atoms with Gasteiger partial charge in [0.2, 0.25) is 0 Å². The summed E-state index contributed by atoms with van der Waals surface area (Å²) in [5, 5.41) is 0. The third-order valence-electron chi connectivity index (χ3n) is 2.55. The lowest BCUT2D eigenvalue weighted by Crippen LogP contribution is -2.24. The average Bonchev–Trinajstić information content (AvgIpc) is 2.15. The van der Waals surface area contributed by atoms with Crippen LogP contribution in [0.3, 0.4) is 0 Å². The average molecular weight is 217 g/mol. The van der Waals surface area contributed by atoms with Gasteiger partial charge in [-0.05, 0) is 24.5 Å². The Labute approximate surface area is 87.1 Å². The van der Waals surface area contributed by atoms with Crippen molar-refractivity contribution in [3.05, 3.63) is 35.4 Å². The normalized spacial score (nSPS) is 16.1. The van der Waals surface area contributed by atoms with Crippen molar-refractivity contribution in [2.45, 2.75) is 32.0 Å². The maximum Gasteiger partial charge on any atom is 0.416 e. The van der Waals surface area contributed by atoms with Gasteiger partial charge >= 0.3 is 6.18 Å². The second-order valence-corrected chi connectivity index (χ2v) is 3.73. The molecule has 0 aliphatic rings. The van der Waals surface area contributed by atoms with Gasteiger partial charge in [0.05, 0.1) is 5.56 Å². The summed E-state index contributed by atoms with van der Waals surface area (Å²) in [6.07, 6.45) is -4.31. The highest BCUT2D eigenvalue weighted by atomic mass is 19.4. The molecule has 0 aliphatic carbocycles. The van der Waals surface area contributed by atoms with Crippen LogP contribution in [0.4, 0.5) is 13.2 Å². The fourth-order valence-electron chi connectivity index (χ4n) is 1.44. The molecule has 1 aromatic carbocycles. The van der Waals surface area contributed by atoms with E-state index < -0.39 is 11.7 Å². The lowest BCUT2D eigenvalue weighted by molar-refractivity contribution is -0.138. The van der Waals surface area contributed by atoms with E-state index in [1.165, 1.54) is 12.1 Å². The van der Waals surface area contributed by atoms with Crippen LogP contribution in [-0.4, -0.2) is 6.04 Å².